The Bertz CT molecular complexity index is 1010. The van der Waals surface area contributed by atoms with Crippen molar-refractivity contribution in [1.82, 2.24) is 9.62 Å². The highest BCUT2D eigenvalue weighted by atomic mass is 79.9. The minimum Gasteiger partial charge on any atom is -0.459 e. The van der Waals surface area contributed by atoms with Crippen molar-refractivity contribution in [1.29, 1.82) is 0 Å². The Labute approximate surface area is 170 Å². The number of benzene rings is 1. The summed E-state index contributed by atoms with van der Waals surface area (Å²) in [6.07, 6.45) is 0. The normalized spacial score (nSPS) is 11.7. The van der Waals surface area contributed by atoms with Gasteiger partial charge in [-0.2, -0.15) is 4.31 Å². The van der Waals surface area contributed by atoms with Crippen LogP contribution < -0.4 is 5.32 Å². The van der Waals surface area contributed by atoms with Crippen molar-refractivity contribution in [2.24, 2.45) is 0 Å². The Morgan fingerprint density at radius 2 is 1.93 bits per heavy atom. The Morgan fingerprint density at radius 3 is 2.59 bits per heavy atom. The zero-order valence-electron chi connectivity index (χ0n) is 14.4. The maximum Gasteiger partial charge on any atom is 0.252 e. The van der Waals surface area contributed by atoms with Crippen molar-refractivity contribution < 1.29 is 17.6 Å². The molecule has 1 amide bonds. The van der Waals surface area contributed by atoms with Gasteiger partial charge in [0.05, 0.1) is 13.1 Å². The van der Waals surface area contributed by atoms with E-state index in [0.29, 0.717) is 11.5 Å². The van der Waals surface area contributed by atoms with E-state index in [1.807, 2.05) is 30.3 Å². The Balaban J connectivity index is 1.56. The van der Waals surface area contributed by atoms with Crippen LogP contribution in [0.3, 0.4) is 0 Å². The molecule has 2 aromatic heterocycles. The maximum absolute atomic E-state index is 12.3. The number of likely N-dealkylation sites (N-methyl/N-ethyl adjacent to an activating group) is 1. The van der Waals surface area contributed by atoms with Crippen LogP contribution in [0.4, 0.5) is 0 Å². The van der Waals surface area contributed by atoms with Gasteiger partial charge in [-0.05, 0) is 35.7 Å². The average molecular weight is 469 g/mol. The average Bonchev–Trinajstić information content (AvgIpc) is 3.33. The zero-order valence-corrected chi connectivity index (χ0v) is 17.6. The summed E-state index contributed by atoms with van der Waals surface area (Å²) in [5.74, 6) is 0.883. The molecule has 0 saturated carbocycles. The number of sulfonamides is 1. The number of hydrogen-bond donors (Lipinski definition) is 1. The predicted molar refractivity (Wildman–Crippen MR) is 108 cm³/mol. The number of thiophene rings is 1. The summed E-state index contributed by atoms with van der Waals surface area (Å²) >= 11 is 4.50. The summed E-state index contributed by atoms with van der Waals surface area (Å²) in [5.41, 5.74) is 0.928. The molecule has 0 radical (unpaired) electrons. The van der Waals surface area contributed by atoms with Crippen LogP contribution in [0, 0.1) is 0 Å². The Morgan fingerprint density at radius 1 is 1.19 bits per heavy atom. The Hall–Kier alpha value is -1.94. The lowest BCUT2D eigenvalue weighted by Crippen LogP contribution is -2.37. The summed E-state index contributed by atoms with van der Waals surface area (Å²) in [4.78, 5) is 12.1. The fourth-order valence-corrected chi connectivity index (χ4v) is 4.93. The molecule has 142 valence electrons. The lowest BCUT2D eigenvalue weighted by atomic mass is 10.2. The molecular weight excluding hydrogens is 452 g/mol. The van der Waals surface area contributed by atoms with E-state index in [1.54, 1.807) is 17.5 Å². The SMILES string of the molecule is CN(CC(=O)NCc1ccc(-c2ccc(Br)cc2)o1)S(=O)(=O)c1cccs1. The number of halogens is 1. The highest BCUT2D eigenvalue weighted by molar-refractivity contribution is 9.10. The summed E-state index contributed by atoms with van der Waals surface area (Å²) in [6, 6.07) is 14.5. The summed E-state index contributed by atoms with van der Waals surface area (Å²) in [7, 11) is -2.26. The fourth-order valence-electron chi connectivity index (χ4n) is 2.33. The Kier molecular flexibility index (Phi) is 6.15. The van der Waals surface area contributed by atoms with Gasteiger partial charge in [0.25, 0.3) is 10.0 Å². The molecular formula is C18H17BrN2O4S2. The predicted octanol–water partition coefficient (Wildman–Crippen LogP) is 3.71. The first kappa shape index (κ1) is 19.8. The van der Waals surface area contributed by atoms with Crippen LogP contribution in [0.5, 0.6) is 0 Å². The fraction of sp³-hybridized carbons (Fsp3) is 0.167. The molecule has 1 aromatic carbocycles. The largest absolute Gasteiger partial charge is 0.459 e. The van der Waals surface area contributed by atoms with Crippen molar-refractivity contribution in [3.8, 4) is 11.3 Å². The number of carbonyl (C=O) groups is 1. The topological polar surface area (TPSA) is 79.6 Å². The molecule has 0 aliphatic rings. The third-order valence-electron chi connectivity index (χ3n) is 3.78. The van der Waals surface area contributed by atoms with Crippen molar-refractivity contribution >= 4 is 43.2 Å². The molecule has 9 heteroatoms. The van der Waals surface area contributed by atoms with E-state index in [9.17, 15) is 13.2 Å². The molecule has 0 aliphatic heterocycles. The van der Waals surface area contributed by atoms with Crippen LogP contribution in [-0.2, 0) is 21.4 Å². The number of hydrogen-bond acceptors (Lipinski definition) is 5. The first-order valence-corrected chi connectivity index (χ1v) is 11.1. The lowest BCUT2D eigenvalue weighted by Gasteiger charge is -2.15. The van der Waals surface area contributed by atoms with E-state index in [4.69, 9.17) is 4.42 Å². The van der Waals surface area contributed by atoms with Gasteiger partial charge in [-0.1, -0.05) is 34.1 Å². The van der Waals surface area contributed by atoms with Gasteiger partial charge >= 0.3 is 0 Å². The number of amides is 1. The molecule has 6 nitrogen and oxygen atoms in total. The second-order valence-electron chi connectivity index (χ2n) is 5.74. The lowest BCUT2D eigenvalue weighted by molar-refractivity contribution is -0.121. The van der Waals surface area contributed by atoms with Gasteiger partial charge in [-0.15, -0.1) is 11.3 Å². The smallest absolute Gasteiger partial charge is 0.252 e. The van der Waals surface area contributed by atoms with E-state index in [-0.39, 0.29) is 17.3 Å². The van der Waals surface area contributed by atoms with Gasteiger partial charge in [0.1, 0.15) is 15.7 Å². The second kappa shape index (κ2) is 8.39. The molecule has 3 aromatic rings. The highest BCUT2D eigenvalue weighted by Gasteiger charge is 2.23. The summed E-state index contributed by atoms with van der Waals surface area (Å²) in [5, 5.41) is 4.36. The van der Waals surface area contributed by atoms with E-state index >= 15 is 0 Å². The van der Waals surface area contributed by atoms with E-state index in [2.05, 4.69) is 21.2 Å². The van der Waals surface area contributed by atoms with Crippen LogP contribution >= 0.6 is 27.3 Å². The molecule has 0 saturated heterocycles. The third-order valence-corrected chi connectivity index (χ3v) is 7.48. The summed E-state index contributed by atoms with van der Waals surface area (Å²) in [6.45, 7) is -0.0806. The number of furan rings is 1. The molecule has 27 heavy (non-hydrogen) atoms. The van der Waals surface area contributed by atoms with E-state index < -0.39 is 15.9 Å². The number of nitrogens with one attached hydrogen (secondary N) is 1. The molecule has 0 spiro atoms. The van der Waals surface area contributed by atoms with Crippen LogP contribution in [0.15, 0.2) is 67.0 Å². The zero-order chi connectivity index (χ0) is 19.4. The van der Waals surface area contributed by atoms with Crippen molar-refractivity contribution in [2.75, 3.05) is 13.6 Å². The highest BCUT2D eigenvalue weighted by Crippen LogP contribution is 2.24. The van der Waals surface area contributed by atoms with Crippen molar-refractivity contribution in [3.63, 3.8) is 0 Å². The van der Waals surface area contributed by atoms with Crippen molar-refractivity contribution in [2.45, 2.75) is 10.8 Å². The molecule has 1 N–H and O–H groups in total. The standard InChI is InChI=1S/C18H17BrN2O4S2/c1-21(27(23,24)18-3-2-10-26-18)12-17(22)20-11-15-8-9-16(25-15)13-4-6-14(19)7-5-13/h2-10H,11-12H2,1H3,(H,20,22). The van der Waals surface area contributed by atoms with Crippen LogP contribution in [-0.4, -0.2) is 32.2 Å². The quantitative estimate of drug-likeness (QED) is 0.572. The van der Waals surface area contributed by atoms with E-state index in [1.165, 1.54) is 13.1 Å². The minimum absolute atomic E-state index is 0.183. The molecule has 0 bridgehead atoms. The van der Waals surface area contributed by atoms with Crippen LogP contribution in [0.25, 0.3) is 11.3 Å². The number of nitrogens with zero attached hydrogens (tertiary/aromatic N) is 1. The maximum atomic E-state index is 12.3. The molecule has 3 rings (SSSR count). The van der Waals surface area contributed by atoms with Gasteiger partial charge < -0.3 is 9.73 Å². The first-order chi connectivity index (χ1) is 12.9. The minimum atomic E-state index is -3.65. The van der Waals surface area contributed by atoms with Crippen LogP contribution in [0.2, 0.25) is 0 Å². The molecule has 0 atom stereocenters. The number of rotatable bonds is 7. The van der Waals surface area contributed by atoms with E-state index in [0.717, 1.165) is 25.7 Å². The van der Waals surface area contributed by atoms with Crippen molar-refractivity contribution in [3.05, 3.63) is 64.1 Å². The van der Waals surface area contributed by atoms with Gasteiger partial charge in [0.2, 0.25) is 5.91 Å². The third kappa shape index (κ3) is 4.86. The second-order valence-corrected chi connectivity index (χ2v) is 9.88. The van der Waals surface area contributed by atoms with Gasteiger partial charge in [0, 0.05) is 17.1 Å². The van der Waals surface area contributed by atoms with Gasteiger partial charge in [0.15, 0.2) is 0 Å². The van der Waals surface area contributed by atoms with Gasteiger partial charge in [-0.3, -0.25) is 4.79 Å². The number of carbonyl (C=O) groups excluding carboxylic acids is 1. The molecule has 2 heterocycles. The first-order valence-electron chi connectivity index (χ1n) is 7.97. The molecule has 0 fully saturated rings. The monoisotopic (exact) mass is 468 g/mol. The molecule has 0 unspecified atom stereocenters. The van der Waals surface area contributed by atoms with Crippen LogP contribution in [0.1, 0.15) is 5.76 Å². The summed E-state index contributed by atoms with van der Waals surface area (Å²) < 4.78 is 32.6. The molecule has 0 aliphatic carbocycles. The van der Waals surface area contributed by atoms with Gasteiger partial charge in [-0.25, -0.2) is 8.42 Å².